The van der Waals surface area contributed by atoms with E-state index in [0.717, 1.165) is 43.1 Å². The summed E-state index contributed by atoms with van der Waals surface area (Å²) in [4.78, 5) is 21.5. The lowest BCUT2D eigenvalue weighted by atomic mass is 10.1. The SMILES string of the molecule is CN1CCN(NC(=O)N2c3ccccc3CNc3cccnc32)CC1. The monoisotopic (exact) mass is 338 g/mol. The second kappa shape index (κ2) is 6.70. The second-order valence-electron chi connectivity index (χ2n) is 6.40. The molecule has 2 N–H and O–H groups in total. The number of hydrogen-bond acceptors (Lipinski definition) is 5. The lowest BCUT2D eigenvalue weighted by Crippen LogP contribution is -2.55. The van der Waals surface area contributed by atoms with Crippen LogP contribution >= 0.6 is 0 Å². The molecule has 2 aromatic rings. The van der Waals surface area contributed by atoms with Crippen LogP contribution in [0.25, 0.3) is 0 Å². The lowest BCUT2D eigenvalue weighted by molar-refractivity contribution is 0.115. The molecule has 0 unspecified atom stereocenters. The number of rotatable bonds is 1. The number of carbonyl (C=O) groups is 1. The van der Waals surface area contributed by atoms with Gasteiger partial charge in [0.2, 0.25) is 0 Å². The number of anilines is 3. The third-order valence-corrected chi connectivity index (χ3v) is 4.66. The second-order valence-corrected chi connectivity index (χ2v) is 6.40. The van der Waals surface area contributed by atoms with E-state index in [9.17, 15) is 4.79 Å². The van der Waals surface area contributed by atoms with Gasteiger partial charge >= 0.3 is 6.03 Å². The summed E-state index contributed by atoms with van der Waals surface area (Å²) >= 11 is 0. The van der Waals surface area contributed by atoms with Gasteiger partial charge in [-0.3, -0.25) is 5.43 Å². The summed E-state index contributed by atoms with van der Waals surface area (Å²) in [6, 6.07) is 11.6. The molecule has 0 atom stereocenters. The Bertz CT molecular complexity index is 724. The van der Waals surface area contributed by atoms with Crippen LogP contribution in [-0.4, -0.2) is 54.2 Å². The number of benzene rings is 1. The Balaban J connectivity index is 1.66. The molecule has 4 rings (SSSR count). The minimum Gasteiger partial charge on any atom is -0.378 e. The maximum atomic E-state index is 13.1. The number of para-hydroxylation sites is 1. The third kappa shape index (κ3) is 3.16. The number of nitrogens with one attached hydrogen (secondary N) is 2. The first kappa shape index (κ1) is 15.9. The van der Waals surface area contributed by atoms with Crippen molar-refractivity contribution in [3.8, 4) is 0 Å². The molecule has 2 amide bonds. The summed E-state index contributed by atoms with van der Waals surface area (Å²) < 4.78 is 0. The molecule has 1 aromatic heterocycles. The highest BCUT2D eigenvalue weighted by molar-refractivity contribution is 6.02. The highest BCUT2D eigenvalue weighted by Gasteiger charge is 2.28. The molecule has 2 aliphatic rings. The van der Waals surface area contributed by atoms with Crippen molar-refractivity contribution >= 4 is 23.2 Å². The van der Waals surface area contributed by atoms with E-state index in [1.165, 1.54) is 0 Å². The van der Waals surface area contributed by atoms with Crippen molar-refractivity contribution in [2.45, 2.75) is 6.54 Å². The molecule has 130 valence electrons. The van der Waals surface area contributed by atoms with Crippen molar-refractivity contribution in [2.24, 2.45) is 0 Å². The van der Waals surface area contributed by atoms with Crippen LogP contribution in [-0.2, 0) is 6.54 Å². The van der Waals surface area contributed by atoms with Crippen molar-refractivity contribution in [3.63, 3.8) is 0 Å². The summed E-state index contributed by atoms with van der Waals surface area (Å²) in [7, 11) is 2.09. The van der Waals surface area contributed by atoms with E-state index in [0.29, 0.717) is 12.4 Å². The van der Waals surface area contributed by atoms with Gasteiger partial charge in [-0.1, -0.05) is 18.2 Å². The van der Waals surface area contributed by atoms with Gasteiger partial charge in [0.15, 0.2) is 5.82 Å². The summed E-state index contributed by atoms with van der Waals surface area (Å²) in [5.41, 5.74) is 5.82. The number of fused-ring (bicyclic) bond motifs is 2. The topological polar surface area (TPSA) is 63.7 Å². The van der Waals surface area contributed by atoms with E-state index in [4.69, 9.17) is 0 Å². The van der Waals surface area contributed by atoms with Crippen molar-refractivity contribution in [3.05, 3.63) is 48.2 Å². The standard InChI is InChI=1S/C18H22N6O/c1-22-9-11-23(12-10-22)21-18(25)24-16-7-3-2-5-14(16)13-20-15-6-4-8-19-17(15)24/h2-8,20H,9-13H2,1H3,(H,21,25). The van der Waals surface area contributed by atoms with Crippen molar-refractivity contribution in [1.29, 1.82) is 0 Å². The van der Waals surface area contributed by atoms with Crippen LogP contribution in [0.4, 0.5) is 22.0 Å². The molecular formula is C18H22N6O. The van der Waals surface area contributed by atoms with Crippen LogP contribution in [0.5, 0.6) is 0 Å². The molecule has 1 aromatic carbocycles. The molecule has 0 aliphatic carbocycles. The Kier molecular flexibility index (Phi) is 4.25. The zero-order valence-corrected chi connectivity index (χ0v) is 14.3. The maximum Gasteiger partial charge on any atom is 0.342 e. The number of urea groups is 1. The molecule has 25 heavy (non-hydrogen) atoms. The van der Waals surface area contributed by atoms with Gasteiger partial charge < -0.3 is 10.2 Å². The van der Waals surface area contributed by atoms with Gasteiger partial charge in [-0.05, 0) is 30.8 Å². The zero-order valence-electron chi connectivity index (χ0n) is 14.3. The van der Waals surface area contributed by atoms with Crippen LogP contribution < -0.4 is 15.6 Å². The third-order valence-electron chi connectivity index (χ3n) is 4.66. The van der Waals surface area contributed by atoms with E-state index < -0.39 is 0 Å². The van der Waals surface area contributed by atoms with E-state index in [1.54, 1.807) is 11.1 Å². The fraction of sp³-hybridized carbons (Fsp3) is 0.333. The quantitative estimate of drug-likeness (QED) is 0.833. The number of hydrazine groups is 1. The number of carbonyl (C=O) groups excluding carboxylic acids is 1. The fourth-order valence-corrected chi connectivity index (χ4v) is 3.21. The molecule has 7 heteroatoms. The minimum absolute atomic E-state index is 0.180. The smallest absolute Gasteiger partial charge is 0.342 e. The Morgan fingerprint density at radius 2 is 1.92 bits per heavy atom. The fourth-order valence-electron chi connectivity index (χ4n) is 3.21. The van der Waals surface area contributed by atoms with Gasteiger partial charge in [0.25, 0.3) is 0 Å². The number of amides is 2. The number of piperazine rings is 1. The summed E-state index contributed by atoms with van der Waals surface area (Å²) in [6.07, 6.45) is 1.71. The number of nitrogens with zero attached hydrogens (tertiary/aromatic N) is 4. The van der Waals surface area contributed by atoms with E-state index in [-0.39, 0.29) is 6.03 Å². The largest absolute Gasteiger partial charge is 0.378 e. The molecule has 7 nitrogen and oxygen atoms in total. The highest BCUT2D eigenvalue weighted by Crippen LogP contribution is 2.35. The van der Waals surface area contributed by atoms with Crippen LogP contribution in [0.3, 0.4) is 0 Å². The Morgan fingerprint density at radius 3 is 2.76 bits per heavy atom. The Hall–Kier alpha value is -2.64. The molecular weight excluding hydrogens is 316 g/mol. The van der Waals surface area contributed by atoms with Crippen LogP contribution in [0.1, 0.15) is 5.56 Å². The van der Waals surface area contributed by atoms with Gasteiger partial charge in [-0.2, -0.15) is 0 Å². The lowest BCUT2D eigenvalue weighted by Gasteiger charge is -2.34. The van der Waals surface area contributed by atoms with Gasteiger partial charge in [-0.15, -0.1) is 0 Å². The van der Waals surface area contributed by atoms with Gasteiger partial charge in [-0.25, -0.2) is 19.7 Å². The molecule has 1 saturated heterocycles. The number of hydrogen-bond donors (Lipinski definition) is 2. The molecule has 0 spiro atoms. The summed E-state index contributed by atoms with van der Waals surface area (Å²) in [5, 5.41) is 5.35. The van der Waals surface area contributed by atoms with Crippen molar-refractivity contribution in [2.75, 3.05) is 43.4 Å². The van der Waals surface area contributed by atoms with E-state index in [2.05, 4.69) is 27.7 Å². The van der Waals surface area contributed by atoms with E-state index in [1.807, 2.05) is 41.4 Å². The highest BCUT2D eigenvalue weighted by atomic mass is 16.2. The zero-order chi connectivity index (χ0) is 17.2. The first-order valence-electron chi connectivity index (χ1n) is 8.53. The Labute approximate surface area is 147 Å². The first-order chi connectivity index (χ1) is 12.2. The van der Waals surface area contributed by atoms with Crippen molar-refractivity contribution in [1.82, 2.24) is 20.3 Å². The average molecular weight is 338 g/mol. The van der Waals surface area contributed by atoms with Crippen LogP contribution in [0.15, 0.2) is 42.6 Å². The molecule has 1 fully saturated rings. The van der Waals surface area contributed by atoms with Gasteiger partial charge in [0.05, 0.1) is 11.4 Å². The van der Waals surface area contributed by atoms with Gasteiger partial charge in [0.1, 0.15) is 0 Å². The first-order valence-corrected chi connectivity index (χ1v) is 8.53. The van der Waals surface area contributed by atoms with E-state index >= 15 is 0 Å². The number of aromatic nitrogens is 1. The predicted octanol–water partition coefficient (Wildman–Crippen LogP) is 2.02. The van der Waals surface area contributed by atoms with Gasteiger partial charge in [0, 0.05) is 38.9 Å². The molecule has 3 heterocycles. The summed E-state index contributed by atoms with van der Waals surface area (Å²) in [5.74, 6) is 0.624. The van der Waals surface area contributed by atoms with Crippen LogP contribution in [0, 0.1) is 0 Å². The minimum atomic E-state index is -0.180. The average Bonchev–Trinajstić information content (AvgIpc) is 2.80. The Morgan fingerprint density at radius 1 is 1.12 bits per heavy atom. The van der Waals surface area contributed by atoms with Crippen molar-refractivity contribution < 1.29 is 4.79 Å². The molecule has 0 bridgehead atoms. The maximum absolute atomic E-state index is 13.1. The molecule has 0 saturated carbocycles. The number of pyridine rings is 1. The van der Waals surface area contributed by atoms with Crippen LogP contribution in [0.2, 0.25) is 0 Å². The summed E-state index contributed by atoms with van der Waals surface area (Å²) in [6.45, 7) is 4.16. The molecule has 0 radical (unpaired) electrons. The normalized spacial score (nSPS) is 17.9. The number of likely N-dealkylation sites (N-methyl/N-ethyl adjacent to an activating group) is 1. The predicted molar refractivity (Wildman–Crippen MR) is 97.7 cm³/mol. The molecule has 2 aliphatic heterocycles.